The van der Waals surface area contributed by atoms with Crippen LogP contribution in [0.4, 0.5) is 0 Å². The molecule has 3 rings (SSSR count). The first-order valence-electron chi connectivity index (χ1n) is 8.46. The van der Waals surface area contributed by atoms with Gasteiger partial charge in [0.2, 0.25) is 17.7 Å². The quantitative estimate of drug-likeness (QED) is 0.576. The van der Waals surface area contributed by atoms with E-state index < -0.39 is 0 Å². The van der Waals surface area contributed by atoms with Crippen LogP contribution >= 0.6 is 0 Å². The fourth-order valence-corrected chi connectivity index (χ4v) is 3.76. The maximum atomic E-state index is 12.5. The molecule has 0 saturated carbocycles. The molecule has 3 amide bonds. The predicted molar refractivity (Wildman–Crippen MR) is 81.7 cm³/mol. The Morgan fingerprint density at radius 2 is 1.41 bits per heavy atom. The lowest BCUT2D eigenvalue weighted by Gasteiger charge is -2.26. The molecule has 2 saturated heterocycles. The Balaban J connectivity index is 1.63. The second-order valence-electron chi connectivity index (χ2n) is 6.57. The molecule has 0 spiro atoms. The summed E-state index contributed by atoms with van der Waals surface area (Å²) < 4.78 is 0. The van der Waals surface area contributed by atoms with Crippen molar-refractivity contribution in [1.29, 1.82) is 0 Å². The van der Waals surface area contributed by atoms with Gasteiger partial charge in [0.1, 0.15) is 6.54 Å². The van der Waals surface area contributed by atoms with Crippen LogP contribution in [0, 0.1) is 11.8 Å². The number of carbonyl (C=O) groups excluding carboxylic acids is 3. The van der Waals surface area contributed by atoms with Crippen molar-refractivity contribution >= 4 is 17.7 Å². The van der Waals surface area contributed by atoms with Crippen LogP contribution in [0.2, 0.25) is 0 Å². The molecule has 0 aromatic rings. The number of carbonyl (C=O) groups is 3. The highest BCUT2D eigenvalue weighted by Crippen LogP contribution is 2.34. The van der Waals surface area contributed by atoms with Crippen molar-refractivity contribution < 1.29 is 14.4 Å². The van der Waals surface area contributed by atoms with Crippen LogP contribution in [0.1, 0.15) is 44.9 Å². The monoisotopic (exact) mass is 304 g/mol. The Hall–Kier alpha value is -1.65. The van der Waals surface area contributed by atoms with E-state index in [1.807, 2.05) is 17.1 Å². The molecule has 0 N–H and O–H groups in total. The third-order valence-corrected chi connectivity index (χ3v) is 5.10. The highest BCUT2D eigenvalue weighted by Gasteiger charge is 2.47. The minimum absolute atomic E-state index is 0.0648. The largest absolute Gasteiger partial charge is 0.341 e. The molecule has 0 radical (unpaired) electrons. The number of fused-ring (bicyclic) bond motifs is 1. The van der Waals surface area contributed by atoms with Gasteiger partial charge in [-0.05, 0) is 25.7 Å². The maximum absolute atomic E-state index is 12.5. The summed E-state index contributed by atoms with van der Waals surface area (Å²) in [7, 11) is 0. The smallest absolute Gasteiger partial charge is 0.242 e. The lowest BCUT2D eigenvalue weighted by molar-refractivity contribution is -0.146. The third kappa shape index (κ3) is 2.94. The zero-order valence-electron chi connectivity index (χ0n) is 13.0. The number of allylic oxidation sites excluding steroid dienone is 2. The zero-order chi connectivity index (χ0) is 15.5. The molecule has 22 heavy (non-hydrogen) atoms. The van der Waals surface area contributed by atoms with Crippen molar-refractivity contribution in [3.63, 3.8) is 0 Å². The molecule has 1 aliphatic carbocycles. The average molecular weight is 304 g/mol. The van der Waals surface area contributed by atoms with E-state index in [9.17, 15) is 14.4 Å². The lowest BCUT2D eigenvalue weighted by atomic mass is 9.85. The van der Waals surface area contributed by atoms with E-state index in [1.165, 1.54) is 11.3 Å². The number of likely N-dealkylation sites (tertiary alicyclic amines) is 2. The SMILES string of the molecule is O=C(CN1C(=O)[C@H]2CC=CC[C@H]2C1=O)N1CCCCCCC1. The van der Waals surface area contributed by atoms with Gasteiger partial charge in [0.25, 0.3) is 0 Å². The van der Waals surface area contributed by atoms with Crippen molar-refractivity contribution in [3.05, 3.63) is 12.2 Å². The number of amides is 3. The van der Waals surface area contributed by atoms with Crippen molar-refractivity contribution in [2.45, 2.75) is 44.9 Å². The van der Waals surface area contributed by atoms with Crippen molar-refractivity contribution in [2.75, 3.05) is 19.6 Å². The van der Waals surface area contributed by atoms with Gasteiger partial charge in [-0.1, -0.05) is 31.4 Å². The third-order valence-electron chi connectivity index (χ3n) is 5.10. The molecule has 5 heteroatoms. The van der Waals surface area contributed by atoms with Gasteiger partial charge in [0.05, 0.1) is 11.8 Å². The molecule has 2 atom stereocenters. The van der Waals surface area contributed by atoms with Crippen LogP contribution < -0.4 is 0 Å². The minimum Gasteiger partial charge on any atom is -0.341 e. The van der Waals surface area contributed by atoms with Crippen LogP contribution in [-0.2, 0) is 14.4 Å². The van der Waals surface area contributed by atoms with Gasteiger partial charge in [0, 0.05) is 13.1 Å². The van der Waals surface area contributed by atoms with Gasteiger partial charge < -0.3 is 4.90 Å². The van der Waals surface area contributed by atoms with Crippen molar-refractivity contribution in [1.82, 2.24) is 9.80 Å². The second kappa shape index (κ2) is 6.63. The Bertz CT molecular complexity index is 466. The molecule has 2 fully saturated rings. The first-order chi connectivity index (χ1) is 10.7. The highest BCUT2D eigenvalue weighted by molar-refractivity contribution is 6.07. The number of hydrogen-bond donors (Lipinski definition) is 0. The molecular weight excluding hydrogens is 280 g/mol. The number of imide groups is 1. The molecule has 120 valence electrons. The molecule has 0 bridgehead atoms. The van der Waals surface area contributed by atoms with E-state index in [-0.39, 0.29) is 36.1 Å². The number of nitrogens with zero attached hydrogens (tertiary/aromatic N) is 2. The van der Waals surface area contributed by atoms with E-state index in [0.29, 0.717) is 12.8 Å². The van der Waals surface area contributed by atoms with Crippen LogP contribution in [0.15, 0.2) is 12.2 Å². The van der Waals surface area contributed by atoms with Crippen molar-refractivity contribution in [2.24, 2.45) is 11.8 Å². The first-order valence-corrected chi connectivity index (χ1v) is 8.46. The fourth-order valence-electron chi connectivity index (χ4n) is 3.76. The molecule has 3 aliphatic rings. The maximum Gasteiger partial charge on any atom is 0.242 e. The highest BCUT2D eigenvalue weighted by atomic mass is 16.2. The molecule has 2 aliphatic heterocycles. The van der Waals surface area contributed by atoms with Gasteiger partial charge in [-0.25, -0.2) is 0 Å². The van der Waals surface area contributed by atoms with Crippen LogP contribution in [-0.4, -0.2) is 47.2 Å². The normalized spacial score (nSPS) is 29.3. The predicted octanol–water partition coefficient (Wildman–Crippen LogP) is 1.73. The average Bonchev–Trinajstić information content (AvgIpc) is 2.72. The molecule has 0 aromatic heterocycles. The Labute approximate surface area is 131 Å². The molecule has 0 unspecified atom stereocenters. The van der Waals surface area contributed by atoms with Crippen LogP contribution in [0.25, 0.3) is 0 Å². The summed E-state index contributed by atoms with van der Waals surface area (Å²) in [5.74, 6) is -0.857. The summed E-state index contributed by atoms with van der Waals surface area (Å²) in [6.07, 6.45) is 10.8. The number of rotatable bonds is 2. The van der Waals surface area contributed by atoms with Gasteiger partial charge in [0.15, 0.2) is 0 Å². The molecule has 2 heterocycles. The summed E-state index contributed by atoms with van der Waals surface area (Å²) in [6.45, 7) is 1.44. The first kappa shape index (κ1) is 15.3. The molecule has 5 nitrogen and oxygen atoms in total. The van der Waals surface area contributed by atoms with Gasteiger partial charge in [-0.2, -0.15) is 0 Å². The summed E-state index contributed by atoms with van der Waals surface area (Å²) in [4.78, 5) is 40.3. The van der Waals surface area contributed by atoms with Crippen LogP contribution in [0.3, 0.4) is 0 Å². The fraction of sp³-hybridized carbons (Fsp3) is 0.706. The second-order valence-corrected chi connectivity index (χ2v) is 6.57. The Morgan fingerprint density at radius 1 is 0.909 bits per heavy atom. The standard InChI is InChI=1S/C17H24N2O3/c20-15(18-10-6-2-1-3-7-11-18)12-19-16(21)13-8-4-5-9-14(13)17(19)22/h4-5,13-14H,1-3,6-12H2/t13-,14+. The molecular formula is C17H24N2O3. The summed E-state index contributed by atoms with van der Waals surface area (Å²) in [5.41, 5.74) is 0. The van der Waals surface area contributed by atoms with Gasteiger partial charge in [-0.15, -0.1) is 0 Å². The van der Waals surface area contributed by atoms with E-state index >= 15 is 0 Å². The number of hydrogen-bond acceptors (Lipinski definition) is 3. The van der Waals surface area contributed by atoms with E-state index in [0.717, 1.165) is 38.8 Å². The van der Waals surface area contributed by atoms with E-state index in [4.69, 9.17) is 0 Å². The van der Waals surface area contributed by atoms with E-state index in [1.54, 1.807) is 0 Å². The Kier molecular flexibility index (Phi) is 4.60. The van der Waals surface area contributed by atoms with E-state index in [2.05, 4.69) is 0 Å². The summed E-state index contributed by atoms with van der Waals surface area (Å²) >= 11 is 0. The topological polar surface area (TPSA) is 57.7 Å². The molecule has 0 aromatic carbocycles. The zero-order valence-corrected chi connectivity index (χ0v) is 13.0. The lowest BCUT2D eigenvalue weighted by Crippen LogP contribution is -2.44. The summed E-state index contributed by atoms with van der Waals surface area (Å²) in [6, 6.07) is 0. The van der Waals surface area contributed by atoms with Crippen LogP contribution in [0.5, 0.6) is 0 Å². The van der Waals surface area contributed by atoms with Crippen molar-refractivity contribution in [3.8, 4) is 0 Å². The Morgan fingerprint density at radius 3 is 1.95 bits per heavy atom. The summed E-state index contributed by atoms with van der Waals surface area (Å²) in [5, 5.41) is 0. The van der Waals surface area contributed by atoms with Gasteiger partial charge in [-0.3, -0.25) is 19.3 Å². The van der Waals surface area contributed by atoms with Gasteiger partial charge >= 0.3 is 0 Å². The minimum atomic E-state index is -0.238.